The summed E-state index contributed by atoms with van der Waals surface area (Å²) in [4.78, 5) is 4.08. The van der Waals surface area contributed by atoms with E-state index in [2.05, 4.69) is 18.0 Å². The van der Waals surface area contributed by atoms with Gasteiger partial charge in [0, 0.05) is 11.8 Å². The molecule has 1 aliphatic carbocycles. The van der Waals surface area contributed by atoms with Crippen LogP contribution >= 0.6 is 0 Å². The number of aryl methyl sites for hydroxylation is 1. The highest BCUT2D eigenvalue weighted by Gasteiger charge is 2.18. The lowest BCUT2D eigenvalue weighted by Crippen LogP contribution is -1.97. The van der Waals surface area contributed by atoms with E-state index in [-0.39, 0.29) is 0 Å². The number of aromatic nitrogens is 1. The third-order valence-corrected chi connectivity index (χ3v) is 1.56. The highest BCUT2D eigenvalue weighted by Crippen LogP contribution is 2.20. The van der Waals surface area contributed by atoms with E-state index in [1.807, 2.05) is 18.3 Å². The van der Waals surface area contributed by atoms with Crippen molar-refractivity contribution in [1.29, 1.82) is 0 Å². The van der Waals surface area contributed by atoms with Gasteiger partial charge in [0.15, 0.2) is 0 Å². The van der Waals surface area contributed by atoms with Crippen LogP contribution in [-0.4, -0.2) is 4.98 Å². The van der Waals surface area contributed by atoms with E-state index in [0.717, 1.165) is 5.69 Å². The van der Waals surface area contributed by atoms with Gasteiger partial charge in [0.2, 0.25) is 5.69 Å². The molecular formula is C8H6N+. The maximum atomic E-state index is 4.08. The van der Waals surface area contributed by atoms with Crippen molar-refractivity contribution in [1.82, 2.24) is 4.98 Å². The van der Waals surface area contributed by atoms with Gasteiger partial charge in [0.05, 0.1) is 6.08 Å². The average molecular weight is 116 g/mol. The molecule has 1 aliphatic rings. The van der Waals surface area contributed by atoms with E-state index in [4.69, 9.17) is 0 Å². The Bertz CT molecular complexity index is 274. The molecule has 0 radical (unpaired) electrons. The van der Waals surface area contributed by atoms with Crippen LogP contribution in [0, 0.1) is 13.0 Å². The molecule has 0 N–H and O–H groups in total. The Balaban J connectivity index is 2.70. The summed E-state index contributed by atoms with van der Waals surface area (Å²) in [5.41, 5.74) is 3.55. The summed E-state index contributed by atoms with van der Waals surface area (Å²) >= 11 is 0. The normalized spacial score (nSPS) is 11.7. The lowest BCUT2D eigenvalue weighted by Gasteiger charge is -1.99. The monoisotopic (exact) mass is 116 g/mol. The van der Waals surface area contributed by atoms with Gasteiger partial charge >= 0.3 is 0 Å². The number of hydrogen-bond donors (Lipinski definition) is 0. The fourth-order valence-corrected chi connectivity index (χ4v) is 0.930. The third kappa shape index (κ3) is 0.494. The van der Waals surface area contributed by atoms with Crippen molar-refractivity contribution in [2.24, 2.45) is 0 Å². The van der Waals surface area contributed by atoms with E-state index >= 15 is 0 Å². The highest BCUT2D eigenvalue weighted by molar-refractivity contribution is 5.66. The summed E-state index contributed by atoms with van der Waals surface area (Å²) in [6, 6.07) is 2.01. The van der Waals surface area contributed by atoms with Crippen molar-refractivity contribution in [3.05, 3.63) is 35.2 Å². The summed E-state index contributed by atoms with van der Waals surface area (Å²) in [7, 11) is 0. The van der Waals surface area contributed by atoms with E-state index in [1.54, 1.807) is 0 Å². The molecule has 0 aromatic carbocycles. The van der Waals surface area contributed by atoms with Crippen LogP contribution in [-0.2, 0) is 0 Å². The largest absolute Gasteiger partial charge is 0.237 e. The molecular weight excluding hydrogens is 110 g/mol. The second-order valence-corrected chi connectivity index (χ2v) is 2.18. The Morgan fingerprint density at radius 3 is 2.89 bits per heavy atom. The lowest BCUT2D eigenvalue weighted by atomic mass is 10.00. The highest BCUT2D eigenvalue weighted by atomic mass is 14.7. The zero-order valence-electron chi connectivity index (χ0n) is 5.18. The molecule has 1 aromatic rings. The van der Waals surface area contributed by atoms with Crippen molar-refractivity contribution in [2.45, 2.75) is 6.92 Å². The summed E-state index contributed by atoms with van der Waals surface area (Å²) in [6.07, 6.45) is 6.78. The smallest absolute Gasteiger partial charge is 0.221 e. The predicted octanol–water partition coefficient (Wildman–Crippen LogP) is 1.57. The first-order valence-corrected chi connectivity index (χ1v) is 2.93. The Labute approximate surface area is 54.1 Å². The first-order chi connectivity index (χ1) is 4.38. The van der Waals surface area contributed by atoms with Gasteiger partial charge in [-0.3, -0.25) is 0 Å². The van der Waals surface area contributed by atoms with Crippen LogP contribution in [0.25, 0.3) is 6.08 Å². The van der Waals surface area contributed by atoms with Gasteiger partial charge in [0.1, 0.15) is 11.6 Å². The molecule has 42 valence electrons. The van der Waals surface area contributed by atoms with Crippen LogP contribution in [0.4, 0.5) is 0 Å². The third-order valence-electron chi connectivity index (χ3n) is 1.56. The van der Waals surface area contributed by atoms with Crippen molar-refractivity contribution >= 4 is 6.08 Å². The van der Waals surface area contributed by atoms with Crippen LogP contribution in [0.15, 0.2) is 12.3 Å². The maximum absolute atomic E-state index is 4.08. The zero-order valence-corrected chi connectivity index (χ0v) is 5.18. The van der Waals surface area contributed by atoms with Crippen molar-refractivity contribution in [2.75, 3.05) is 0 Å². The molecule has 1 aromatic heterocycles. The minimum atomic E-state index is 1.01. The van der Waals surface area contributed by atoms with Crippen LogP contribution < -0.4 is 0 Å². The van der Waals surface area contributed by atoms with Gasteiger partial charge < -0.3 is 0 Å². The first kappa shape index (κ1) is 4.66. The van der Waals surface area contributed by atoms with Crippen molar-refractivity contribution in [3.8, 4) is 0 Å². The van der Waals surface area contributed by atoms with Gasteiger partial charge in [0.25, 0.3) is 0 Å². The molecule has 0 amide bonds. The fraction of sp³-hybridized carbons (Fsp3) is 0.125. The molecule has 0 unspecified atom stereocenters. The Morgan fingerprint density at radius 2 is 2.44 bits per heavy atom. The quantitative estimate of drug-likeness (QED) is 0.476. The molecule has 2 rings (SSSR count). The first-order valence-electron chi connectivity index (χ1n) is 2.93. The van der Waals surface area contributed by atoms with Gasteiger partial charge in [-0.05, 0) is 13.0 Å². The number of nitrogens with zero attached hydrogens (tertiary/aromatic N) is 1. The van der Waals surface area contributed by atoms with Gasteiger partial charge in [-0.2, -0.15) is 0 Å². The molecule has 0 atom stereocenters. The molecule has 9 heavy (non-hydrogen) atoms. The van der Waals surface area contributed by atoms with Crippen molar-refractivity contribution in [3.63, 3.8) is 0 Å². The van der Waals surface area contributed by atoms with Crippen LogP contribution in [0.1, 0.15) is 16.8 Å². The molecule has 0 saturated carbocycles. The van der Waals surface area contributed by atoms with Gasteiger partial charge in [-0.1, -0.05) is 0 Å². The van der Waals surface area contributed by atoms with Crippen LogP contribution in [0.5, 0.6) is 0 Å². The molecule has 1 nitrogen and oxygen atoms in total. The van der Waals surface area contributed by atoms with E-state index in [1.165, 1.54) is 11.1 Å². The number of hydrogen-bond acceptors (Lipinski definition) is 1. The fourth-order valence-electron chi connectivity index (χ4n) is 0.930. The maximum Gasteiger partial charge on any atom is 0.237 e. The van der Waals surface area contributed by atoms with E-state index < -0.39 is 0 Å². The predicted molar refractivity (Wildman–Crippen MR) is 35.8 cm³/mol. The summed E-state index contributed by atoms with van der Waals surface area (Å²) in [6.45, 7) is 2.08. The number of rotatable bonds is 0. The van der Waals surface area contributed by atoms with E-state index in [0.29, 0.717) is 0 Å². The molecule has 0 fully saturated rings. The second-order valence-electron chi connectivity index (χ2n) is 2.18. The molecule has 0 bridgehead atoms. The minimum absolute atomic E-state index is 1.01. The minimum Gasteiger partial charge on any atom is -0.221 e. The van der Waals surface area contributed by atoms with E-state index in [9.17, 15) is 0 Å². The van der Waals surface area contributed by atoms with Crippen LogP contribution in [0.2, 0.25) is 0 Å². The second kappa shape index (κ2) is 1.40. The van der Waals surface area contributed by atoms with Crippen molar-refractivity contribution < 1.29 is 0 Å². The Morgan fingerprint density at radius 1 is 1.56 bits per heavy atom. The Hall–Kier alpha value is -1.20. The molecule has 0 aliphatic heterocycles. The summed E-state index contributed by atoms with van der Waals surface area (Å²) in [5.74, 6) is 0. The number of fused-ring (bicyclic) bond motifs is 1. The van der Waals surface area contributed by atoms with Gasteiger partial charge in [-0.15, -0.1) is 0 Å². The molecule has 0 spiro atoms. The zero-order chi connectivity index (χ0) is 6.27. The molecule has 1 heteroatoms. The number of pyridine rings is 1. The molecule has 1 heterocycles. The van der Waals surface area contributed by atoms with Crippen LogP contribution in [0.3, 0.4) is 0 Å². The topological polar surface area (TPSA) is 12.9 Å². The molecule has 0 saturated heterocycles. The average Bonchev–Trinajstić information content (AvgIpc) is 1.74. The van der Waals surface area contributed by atoms with Gasteiger partial charge in [-0.25, -0.2) is 4.98 Å². The standard InChI is InChI=1S/C8H6N/c1-6-4-5-9-8-3-2-7(6)8/h2,4-5H,1H3/q+1. The SMILES string of the molecule is Cc1ccnc2c1C=[C+]2. The lowest BCUT2D eigenvalue weighted by molar-refractivity contribution is 1.18. The Kier molecular flexibility index (Phi) is 0.723. The summed E-state index contributed by atoms with van der Waals surface area (Å²) < 4.78 is 0. The summed E-state index contributed by atoms with van der Waals surface area (Å²) in [5, 5.41) is 0.